The molecule has 1 aromatic carbocycles. The highest BCUT2D eigenvalue weighted by molar-refractivity contribution is 5.99. The highest BCUT2D eigenvalue weighted by Gasteiger charge is 2.31. The molecule has 0 aromatic heterocycles. The van der Waals surface area contributed by atoms with Gasteiger partial charge in [-0.1, -0.05) is 0 Å². The average molecular weight is 336 g/mol. The molecule has 1 atom stereocenters. The summed E-state index contributed by atoms with van der Waals surface area (Å²) in [5.74, 6) is -2.52. The molecule has 8 heteroatoms. The van der Waals surface area contributed by atoms with Crippen molar-refractivity contribution in [2.24, 2.45) is 0 Å². The van der Waals surface area contributed by atoms with E-state index >= 15 is 0 Å². The van der Waals surface area contributed by atoms with Crippen LogP contribution in [-0.2, 0) is 14.3 Å². The van der Waals surface area contributed by atoms with Gasteiger partial charge in [0.25, 0.3) is 5.91 Å². The highest BCUT2D eigenvalue weighted by atomic mass is 19.1. The van der Waals surface area contributed by atoms with Gasteiger partial charge >= 0.3 is 5.97 Å². The molecule has 0 bridgehead atoms. The van der Waals surface area contributed by atoms with Crippen molar-refractivity contribution < 1.29 is 28.6 Å². The normalized spacial score (nSPS) is 21.2. The first-order chi connectivity index (χ1) is 11.5. The van der Waals surface area contributed by atoms with Gasteiger partial charge in [0.15, 0.2) is 6.10 Å². The molecule has 2 aliphatic rings. The molecular weight excluding hydrogens is 319 g/mol. The van der Waals surface area contributed by atoms with Crippen LogP contribution in [0, 0.1) is 5.82 Å². The minimum atomic E-state index is -1.16. The number of aliphatic carboxylic acids is 1. The zero-order valence-electron chi connectivity index (χ0n) is 12.9. The monoisotopic (exact) mass is 336 g/mol. The van der Waals surface area contributed by atoms with E-state index in [2.05, 4.69) is 0 Å². The Hall–Kier alpha value is -2.48. The number of carbonyl (C=O) groups is 3. The van der Waals surface area contributed by atoms with Gasteiger partial charge in [-0.25, -0.2) is 9.18 Å². The van der Waals surface area contributed by atoms with E-state index < -0.39 is 23.8 Å². The molecule has 2 heterocycles. The fourth-order valence-corrected chi connectivity index (χ4v) is 2.92. The van der Waals surface area contributed by atoms with Crippen molar-refractivity contribution in [1.82, 2.24) is 4.90 Å². The molecule has 2 aliphatic heterocycles. The van der Waals surface area contributed by atoms with E-state index in [-0.39, 0.29) is 31.2 Å². The summed E-state index contributed by atoms with van der Waals surface area (Å²) in [5.41, 5.74) is 0.309. The number of carbonyl (C=O) groups excluding carboxylic acids is 2. The van der Waals surface area contributed by atoms with Gasteiger partial charge in [-0.3, -0.25) is 9.59 Å². The van der Waals surface area contributed by atoms with E-state index in [4.69, 9.17) is 9.84 Å². The van der Waals surface area contributed by atoms with Crippen LogP contribution in [0.5, 0.6) is 0 Å². The zero-order valence-corrected chi connectivity index (χ0v) is 12.9. The Kier molecular flexibility index (Phi) is 4.48. The van der Waals surface area contributed by atoms with Gasteiger partial charge in [0.2, 0.25) is 5.91 Å². The predicted octanol–water partition coefficient (Wildman–Crippen LogP) is 0.878. The fourth-order valence-electron chi connectivity index (χ4n) is 2.92. The summed E-state index contributed by atoms with van der Waals surface area (Å²) in [7, 11) is 0. The van der Waals surface area contributed by atoms with Crippen LogP contribution in [-0.4, -0.2) is 60.1 Å². The van der Waals surface area contributed by atoms with Crippen molar-refractivity contribution in [2.45, 2.75) is 18.9 Å². The van der Waals surface area contributed by atoms with E-state index in [1.807, 2.05) is 0 Å². The molecule has 128 valence electrons. The smallest absolute Gasteiger partial charge is 0.334 e. The van der Waals surface area contributed by atoms with Gasteiger partial charge in [0, 0.05) is 25.2 Å². The number of ether oxygens (including phenoxy) is 1. The van der Waals surface area contributed by atoms with Crippen LogP contribution >= 0.6 is 0 Å². The molecule has 0 saturated carbocycles. The van der Waals surface area contributed by atoms with Crippen molar-refractivity contribution in [3.63, 3.8) is 0 Å². The van der Waals surface area contributed by atoms with Gasteiger partial charge in [0.1, 0.15) is 5.82 Å². The summed E-state index contributed by atoms with van der Waals surface area (Å²) in [6.07, 6.45) is 0.0438. The second-order valence-electron chi connectivity index (χ2n) is 5.76. The van der Waals surface area contributed by atoms with E-state index in [0.29, 0.717) is 18.7 Å². The van der Waals surface area contributed by atoms with Crippen molar-refractivity contribution >= 4 is 23.5 Å². The summed E-state index contributed by atoms with van der Waals surface area (Å²) in [5, 5.41) is 9.00. The Morgan fingerprint density at radius 2 is 2.08 bits per heavy atom. The standard InChI is InChI=1S/C16H17FN2O5/c17-12-4-3-10(19-5-1-2-14(19)20)8-11(12)15(21)18-6-7-24-13(9-18)16(22)23/h3-4,8,13H,1-2,5-7,9H2,(H,22,23). The molecule has 7 nitrogen and oxygen atoms in total. The first-order valence-corrected chi connectivity index (χ1v) is 7.71. The lowest BCUT2D eigenvalue weighted by molar-refractivity contribution is -0.154. The minimum Gasteiger partial charge on any atom is -0.479 e. The number of amides is 2. The molecule has 3 rings (SSSR count). The number of hydrogen-bond donors (Lipinski definition) is 1. The number of halogens is 1. The number of morpholine rings is 1. The third-order valence-corrected chi connectivity index (χ3v) is 4.19. The van der Waals surface area contributed by atoms with Crippen LogP contribution in [0.4, 0.5) is 10.1 Å². The van der Waals surface area contributed by atoms with Crippen LogP contribution < -0.4 is 4.90 Å². The first-order valence-electron chi connectivity index (χ1n) is 7.71. The molecule has 2 saturated heterocycles. The maximum absolute atomic E-state index is 14.1. The number of hydrogen-bond acceptors (Lipinski definition) is 4. The van der Waals surface area contributed by atoms with Crippen LogP contribution in [0.1, 0.15) is 23.2 Å². The minimum absolute atomic E-state index is 0.0580. The maximum Gasteiger partial charge on any atom is 0.334 e. The number of rotatable bonds is 3. The van der Waals surface area contributed by atoms with Gasteiger partial charge in [-0.15, -0.1) is 0 Å². The molecule has 0 aliphatic carbocycles. The summed E-state index contributed by atoms with van der Waals surface area (Å²) in [6, 6.07) is 3.98. The Balaban J connectivity index is 1.84. The average Bonchev–Trinajstić information content (AvgIpc) is 3.01. The Bertz CT molecular complexity index is 693. The van der Waals surface area contributed by atoms with Gasteiger partial charge in [0.05, 0.1) is 18.7 Å². The van der Waals surface area contributed by atoms with Crippen molar-refractivity contribution in [3.05, 3.63) is 29.6 Å². The summed E-state index contributed by atoms with van der Waals surface area (Å²) in [4.78, 5) is 38.2. The molecule has 0 spiro atoms. The van der Waals surface area contributed by atoms with E-state index in [1.54, 1.807) is 0 Å². The summed E-state index contributed by atoms with van der Waals surface area (Å²) >= 11 is 0. The molecule has 1 aromatic rings. The van der Waals surface area contributed by atoms with Crippen molar-refractivity contribution in [3.8, 4) is 0 Å². The summed E-state index contributed by atoms with van der Waals surface area (Å²) < 4.78 is 19.2. The van der Waals surface area contributed by atoms with Crippen LogP contribution in [0.25, 0.3) is 0 Å². The number of nitrogens with zero attached hydrogens (tertiary/aromatic N) is 2. The molecule has 0 radical (unpaired) electrons. The largest absolute Gasteiger partial charge is 0.479 e. The Morgan fingerprint density at radius 1 is 1.29 bits per heavy atom. The molecule has 1 N–H and O–H groups in total. The predicted molar refractivity (Wildman–Crippen MR) is 81.3 cm³/mol. The molecular formula is C16H17FN2O5. The lowest BCUT2D eigenvalue weighted by atomic mass is 10.1. The maximum atomic E-state index is 14.1. The van der Waals surface area contributed by atoms with Crippen LogP contribution in [0.15, 0.2) is 18.2 Å². The van der Waals surface area contributed by atoms with Crippen molar-refractivity contribution in [2.75, 3.05) is 31.1 Å². The lowest BCUT2D eigenvalue weighted by Crippen LogP contribution is -2.48. The quantitative estimate of drug-likeness (QED) is 0.885. The number of carboxylic acid groups (broad SMARTS) is 1. The van der Waals surface area contributed by atoms with E-state index in [0.717, 1.165) is 12.5 Å². The third-order valence-electron chi connectivity index (χ3n) is 4.19. The fraction of sp³-hybridized carbons (Fsp3) is 0.438. The van der Waals surface area contributed by atoms with Crippen molar-refractivity contribution in [1.29, 1.82) is 0 Å². The first kappa shape index (κ1) is 16.4. The molecule has 2 fully saturated rings. The second-order valence-corrected chi connectivity index (χ2v) is 5.76. The number of carboxylic acids is 1. The summed E-state index contributed by atoms with van der Waals surface area (Å²) in [6.45, 7) is 0.667. The topological polar surface area (TPSA) is 87.2 Å². The highest BCUT2D eigenvalue weighted by Crippen LogP contribution is 2.25. The van der Waals surface area contributed by atoms with E-state index in [1.165, 1.54) is 21.9 Å². The Morgan fingerprint density at radius 3 is 2.75 bits per heavy atom. The second kappa shape index (κ2) is 6.56. The van der Waals surface area contributed by atoms with Crippen LogP contribution in [0.3, 0.4) is 0 Å². The molecule has 2 amide bonds. The van der Waals surface area contributed by atoms with Gasteiger partial charge in [-0.2, -0.15) is 0 Å². The SMILES string of the molecule is O=C(O)C1CN(C(=O)c2cc(N3CCCC3=O)ccc2F)CCO1. The Labute approximate surface area is 137 Å². The lowest BCUT2D eigenvalue weighted by Gasteiger charge is -2.31. The molecule has 1 unspecified atom stereocenters. The third kappa shape index (κ3) is 3.09. The number of benzene rings is 1. The van der Waals surface area contributed by atoms with Gasteiger partial charge in [-0.05, 0) is 24.6 Å². The van der Waals surface area contributed by atoms with Crippen LogP contribution in [0.2, 0.25) is 0 Å². The molecule has 24 heavy (non-hydrogen) atoms. The number of anilines is 1. The van der Waals surface area contributed by atoms with E-state index in [9.17, 15) is 18.8 Å². The van der Waals surface area contributed by atoms with Gasteiger partial charge < -0.3 is 19.6 Å². The zero-order chi connectivity index (χ0) is 17.3.